The van der Waals surface area contributed by atoms with E-state index in [9.17, 15) is 5.11 Å². The van der Waals surface area contributed by atoms with E-state index in [-0.39, 0.29) is 0 Å². The highest BCUT2D eigenvalue weighted by atomic mass is 32.1. The van der Waals surface area contributed by atoms with Gasteiger partial charge < -0.3 is 15.2 Å². The lowest BCUT2D eigenvalue weighted by Gasteiger charge is -2.17. The van der Waals surface area contributed by atoms with Gasteiger partial charge in [0, 0.05) is 17.1 Å². The molecule has 0 fully saturated rings. The van der Waals surface area contributed by atoms with Crippen molar-refractivity contribution in [2.24, 2.45) is 0 Å². The predicted octanol–water partition coefficient (Wildman–Crippen LogP) is 3.86. The van der Waals surface area contributed by atoms with E-state index < -0.39 is 6.10 Å². The van der Waals surface area contributed by atoms with Gasteiger partial charge >= 0.3 is 0 Å². The maximum atomic E-state index is 9.98. The van der Waals surface area contributed by atoms with E-state index in [1.54, 1.807) is 11.3 Å². The van der Waals surface area contributed by atoms with Gasteiger partial charge in [-0.2, -0.15) is 0 Å². The predicted molar refractivity (Wildman–Crippen MR) is 89.0 cm³/mol. The van der Waals surface area contributed by atoms with E-state index in [0.29, 0.717) is 25.7 Å². The van der Waals surface area contributed by atoms with E-state index in [0.717, 1.165) is 5.69 Å². The lowest BCUT2D eigenvalue weighted by atomic mass is 10.0. The normalized spacial score (nSPS) is 12.6. The number of hydrogen-bond acceptors (Lipinski definition) is 4. The summed E-state index contributed by atoms with van der Waals surface area (Å²) in [5.41, 5.74) is 2.36. The summed E-state index contributed by atoms with van der Waals surface area (Å²) in [4.78, 5) is 1.18. The Bertz CT molecular complexity index is 525. The van der Waals surface area contributed by atoms with Gasteiger partial charge in [-0.25, -0.2) is 0 Å². The van der Waals surface area contributed by atoms with Crippen LogP contribution in [0.3, 0.4) is 0 Å². The first-order valence-corrected chi connectivity index (χ1v) is 8.15. The minimum Gasteiger partial charge on any atom is -0.389 e. The van der Waals surface area contributed by atoms with Gasteiger partial charge in [0.2, 0.25) is 0 Å². The molecule has 0 radical (unpaired) electrons. The molecule has 0 saturated heterocycles. The molecule has 0 amide bonds. The lowest BCUT2D eigenvalue weighted by Crippen LogP contribution is -2.25. The van der Waals surface area contributed by atoms with Gasteiger partial charge in [-0.3, -0.25) is 0 Å². The molecule has 1 unspecified atom stereocenters. The highest BCUT2D eigenvalue weighted by molar-refractivity contribution is 7.09. The van der Waals surface area contributed by atoms with Gasteiger partial charge in [-0.1, -0.05) is 38.1 Å². The van der Waals surface area contributed by atoms with Crippen LogP contribution < -0.4 is 5.32 Å². The Labute approximate surface area is 130 Å². The second kappa shape index (κ2) is 8.17. The van der Waals surface area contributed by atoms with Crippen LogP contribution in [0.2, 0.25) is 0 Å². The van der Waals surface area contributed by atoms with Gasteiger partial charge in [0.1, 0.15) is 0 Å². The molecule has 0 spiro atoms. The largest absolute Gasteiger partial charge is 0.389 e. The molecule has 21 heavy (non-hydrogen) atoms. The third kappa shape index (κ3) is 5.16. The quantitative estimate of drug-likeness (QED) is 0.778. The Morgan fingerprint density at radius 1 is 1.19 bits per heavy atom. The van der Waals surface area contributed by atoms with Crippen LogP contribution in [0.25, 0.3) is 0 Å². The first-order valence-electron chi connectivity index (χ1n) is 7.28. The van der Waals surface area contributed by atoms with Crippen molar-refractivity contribution < 1.29 is 9.84 Å². The Hall–Kier alpha value is -1.36. The van der Waals surface area contributed by atoms with Crippen molar-refractivity contribution in [1.82, 2.24) is 0 Å². The fourth-order valence-electron chi connectivity index (χ4n) is 2.14. The number of benzene rings is 1. The standard InChI is InChI=1S/C17H23NO2S/c1-13(2)16-7-3-4-8-17(16)18-10-14(19)11-20-12-15-6-5-9-21-15/h3-9,13-14,18-19H,10-12H2,1-2H3. The average Bonchev–Trinajstić information content (AvgIpc) is 2.98. The summed E-state index contributed by atoms with van der Waals surface area (Å²) in [6, 6.07) is 12.3. The van der Waals surface area contributed by atoms with E-state index in [1.165, 1.54) is 10.4 Å². The number of aliphatic hydroxyl groups excluding tert-OH is 1. The molecule has 1 aromatic carbocycles. The number of hydrogen-bond donors (Lipinski definition) is 2. The van der Waals surface area contributed by atoms with Gasteiger partial charge in [0.05, 0.1) is 19.3 Å². The number of thiophene rings is 1. The number of ether oxygens (including phenoxy) is 1. The molecule has 1 aromatic heterocycles. The zero-order valence-electron chi connectivity index (χ0n) is 12.6. The minimum atomic E-state index is -0.509. The topological polar surface area (TPSA) is 41.5 Å². The number of anilines is 1. The molecule has 1 atom stereocenters. The zero-order valence-corrected chi connectivity index (χ0v) is 13.4. The number of aliphatic hydroxyl groups is 1. The number of para-hydroxylation sites is 1. The molecule has 1 heterocycles. The zero-order chi connectivity index (χ0) is 15.1. The first-order chi connectivity index (χ1) is 10.2. The molecule has 0 saturated carbocycles. The first kappa shape index (κ1) is 16.0. The summed E-state index contributed by atoms with van der Waals surface area (Å²) in [5, 5.41) is 15.3. The fourth-order valence-corrected chi connectivity index (χ4v) is 2.78. The van der Waals surface area contributed by atoms with Crippen LogP contribution in [0.15, 0.2) is 41.8 Å². The van der Waals surface area contributed by atoms with E-state index in [4.69, 9.17) is 4.74 Å². The van der Waals surface area contributed by atoms with Crippen molar-refractivity contribution in [2.75, 3.05) is 18.5 Å². The SMILES string of the molecule is CC(C)c1ccccc1NCC(O)COCc1cccs1. The molecular formula is C17H23NO2S. The van der Waals surface area contributed by atoms with E-state index in [1.807, 2.05) is 29.6 Å². The van der Waals surface area contributed by atoms with Crippen LogP contribution in [-0.4, -0.2) is 24.4 Å². The van der Waals surface area contributed by atoms with Crippen molar-refractivity contribution in [3.63, 3.8) is 0 Å². The van der Waals surface area contributed by atoms with Gasteiger partial charge in [0.15, 0.2) is 0 Å². The summed E-state index contributed by atoms with van der Waals surface area (Å²) >= 11 is 1.67. The highest BCUT2D eigenvalue weighted by Crippen LogP contribution is 2.23. The van der Waals surface area contributed by atoms with Crippen molar-refractivity contribution in [2.45, 2.75) is 32.5 Å². The van der Waals surface area contributed by atoms with Crippen LogP contribution in [0.5, 0.6) is 0 Å². The van der Waals surface area contributed by atoms with Crippen LogP contribution >= 0.6 is 11.3 Å². The number of rotatable bonds is 8. The molecule has 2 rings (SSSR count). The molecule has 2 N–H and O–H groups in total. The molecule has 4 heteroatoms. The molecule has 114 valence electrons. The van der Waals surface area contributed by atoms with Crippen molar-refractivity contribution in [3.8, 4) is 0 Å². The summed E-state index contributed by atoms with van der Waals surface area (Å²) in [6.45, 7) is 5.74. The van der Waals surface area contributed by atoms with Gasteiger partial charge in [-0.05, 0) is 29.0 Å². The summed E-state index contributed by atoms with van der Waals surface area (Å²) in [7, 11) is 0. The monoisotopic (exact) mass is 305 g/mol. The third-order valence-corrected chi connectivity index (χ3v) is 4.10. The maximum Gasteiger partial charge on any atom is 0.0945 e. The Morgan fingerprint density at radius 2 is 2.00 bits per heavy atom. The second-order valence-electron chi connectivity index (χ2n) is 5.37. The van der Waals surface area contributed by atoms with Crippen LogP contribution in [0.1, 0.15) is 30.2 Å². The second-order valence-corrected chi connectivity index (χ2v) is 6.40. The Morgan fingerprint density at radius 3 is 2.71 bits per heavy atom. The third-order valence-electron chi connectivity index (χ3n) is 3.25. The maximum absolute atomic E-state index is 9.98. The van der Waals surface area contributed by atoms with Crippen molar-refractivity contribution in [3.05, 3.63) is 52.2 Å². The highest BCUT2D eigenvalue weighted by Gasteiger charge is 2.08. The fraction of sp³-hybridized carbons (Fsp3) is 0.412. The average molecular weight is 305 g/mol. The van der Waals surface area contributed by atoms with Crippen LogP contribution in [-0.2, 0) is 11.3 Å². The Kier molecular flexibility index (Phi) is 6.23. The lowest BCUT2D eigenvalue weighted by molar-refractivity contribution is 0.0359. The molecule has 0 aliphatic rings. The molecule has 0 bridgehead atoms. The van der Waals surface area contributed by atoms with Crippen molar-refractivity contribution >= 4 is 17.0 Å². The number of nitrogens with one attached hydrogen (secondary N) is 1. The minimum absolute atomic E-state index is 0.342. The van der Waals surface area contributed by atoms with Gasteiger partial charge in [-0.15, -0.1) is 11.3 Å². The summed E-state index contributed by atoms with van der Waals surface area (Å²) in [5.74, 6) is 0.459. The molecule has 0 aliphatic heterocycles. The molecule has 2 aromatic rings. The van der Waals surface area contributed by atoms with E-state index >= 15 is 0 Å². The van der Waals surface area contributed by atoms with Gasteiger partial charge in [0.25, 0.3) is 0 Å². The molecule has 0 aliphatic carbocycles. The van der Waals surface area contributed by atoms with E-state index in [2.05, 4.69) is 31.3 Å². The van der Waals surface area contributed by atoms with Crippen LogP contribution in [0, 0.1) is 0 Å². The summed E-state index contributed by atoms with van der Waals surface area (Å²) < 4.78 is 5.53. The van der Waals surface area contributed by atoms with Crippen molar-refractivity contribution in [1.29, 1.82) is 0 Å². The smallest absolute Gasteiger partial charge is 0.0945 e. The Balaban J connectivity index is 1.75. The summed E-state index contributed by atoms with van der Waals surface area (Å²) in [6.07, 6.45) is -0.509. The molecular weight excluding hydrogens is 282 g/mol. The molecule has 3 nitrogen and oxygen atoms in total. The van der Waals surface area contributed by atoms with Crippen LogP contribution in [0.4, 0.5) is 5.69 Å².